The van der Waals surface area contributed by atoms with Crippen LogP contribution in [0.3, 0.4) is 0 Å². The number of unbranched alkanes of at least 4 members (excludes halogenated alkanes) is 1. The van der Waals surface area contributed by atoms with Crippen molar-refractivity contribution in [3.05, 3.63) is 42.5 Å². The predicted octanol–water partition coefficient (Wildman–Crippen LogP) is 2.31. The Bertz CT molecular complexity index is 666. The maximum absolute atomic E-state index is 4.68. The number of nitrogens with one attached hydrogen (secondary N) is 2. The smallest absolute Gasteiger partial charge is 0.191 e. The Morgan fingerprint density at radius 1 is 1.15 bits per heavy atom. The molecule has 0 spiro atoms. The van der Waals surface area contributed by atoms with Gasteiger partial charge >= 0.3 is 0 Å². The van der Waals surface area contributed by atoms with Gasteiger partial charge in [-0.05, 0) is 31.9 Å². The second-order valence-corrected chi connectivity index (χ2v) is 6.45. The molecular weight excluding hydrogens is 338 g/mol. The largest absolute Gasteiger partial charge is 0.375 e. The average Bonchev–Trinajstić information content (AvgIpc) is 3.15. The molecule has 0 fully saturated rings. The number of aryl methyl sites for hydroxylation is 1. The molecule has 0 amide bonds. The molecule has 148 valence electrons. The van der Waals surface area contributed by atoms with Gasteiger partial charge in [-0.15, -0.1) is 10.2 Å². The molecule has 1 heterocycles. The zero-order valence-corrected chi connectivity index (χ0v) is 16.9. The zero-order valence-electron chi connectivity index (χ0n) is 16.9. The second-order valence-electron chi connectivity index (χ2n) is 6.45. The number of hydrogen-bond donors (Lipinski definition) is 2. The lowest BCUT2D eigenvalue weighted by Gasteiger charge is -2.18. The molecule has 1 aromatic heterocycles. The minimum absolute atomic E-state index is 0.799. The van der Waals surface area contributed by atoms with Gasteiger partial charge in [0.2, 0.25) is 0 Å². The molecule has 1 aromatic carbocycles. The Morgan fingerprint density at radius 3 is 2.70 bits per heavy atom. The molecule has 7 nitrogen and oxygen atoms in total. The minimum atomic E-state index is 0.799. The van der Waals surface area contributed by atoms with Crippen LogP contribution in [-0.4, -0.2) is 54.0 Å². The Labute approximate surface area is 162 Å². The van der Waals surface area contributed by atoms with Crippen LogP contribution in [0, 0.1) is 0 Å². The molecule has 2 aromatic rings. The van der Waals surface area contributed by atoms with Crippen molar-refractivity contribution in [2.24, 2.45) is 4.99 Å². The minimum Gasteiger partial charge on any atom is -0.375 e. The predicted molar refractivity (Wildman–Crippen MR) is 112 cm³/mol. The molecule has 0 saturated heterocycles. The number of para-hydroxylation sites is 1. The number of nitrogens with zero attached hydrogens (tertiary/aromatic N) is 5. The SMILES string of the molecule is CCNC(=NCCCCN(C)c1ccccc1)NCCn1cnnc1CC. The summed E-state index contributed by atoms with van der Waals surface area (Å²) in [5, 5.41) is 14.8. The van der Waals surface area contributed by atoms with E-state index in [-0.39, 0.29) is 0 Å². The number of hydrogen-bond acceptors (Lipinski definition) is 4. The van der Waals surface area contributed by atoms with Gasteiger partial charge in [0.1, 0.15) is 12.2 Å². The molecule has 27 heavy (non-hydrogen) atoms. The first kappa shape index (κ1) is 20.7. The summed E-state index contributed by atoms with van der Waals surface area (Å²) in [6.07, 6.45) is 4.87. The third-order valence-corrected chi connectivity index (χ3v) is 4.37. The molecule has 2 N–H and O–H groups in total. The number of anilines is 1. The van der Waals surface area contributed by atoms with E-state index >= 15 is 0 Å². The van der Waals surface area contributed by atoms with E-state index < -0.39 is 0 Å². The maximum Gasteiger partial charge on any atom is 0.191 e. The van der Waals surface area contributed by atoms with E-state index in [1.54, 1.807) is 6.33 Å². The van der Waals surface area contributed by atoms with Crippen LogP contribution in [0.5, 0.6) is 0 Å². The number of aromatic nitrogens is 3. The molecule has 0 aliphatic rings. The van der Waals surface area contributed by atoms with Crippen LogP contribution in [0.2, 0.25) is 0 Å². The van der Waals surface area contributed by atoms with Gasteiger partial charge in [0.05, 0.1) is 0 Å². The van der Waals surface area contributed by atoms with Crippen molar-refractivity contribution in [1.82, 2.24) is 25.4 Å². The van der Waals surface area contributed by atoms with E-state index in [0.717, 1.165) is 63.8 Å². The van der Waals surface area contributed by atoms with Gasteiger partial charge < -0.3 is 20.1 Å². The summed E-state index contributed by atoms with van der Waals surface area (Å²) in [5.41, 5.74) is 1.26. The lowest BCUT2D eigenvalue weighted by Crippen LogP contribution is -2.39. The molecule has 0 aliphatic carbocycles. The second kappa shape index (κ2) is 11.9. The highest BCUT2D eigenvalue weighted by Gasteiger charge is 2.02. The first-order valence-corrected chi connectivity index (χ1v) is 9.89. The lowest BCUT2D eigenvalue weighted by molar-refractivity contribution is 0.631. The average molecular weight is 372 g/mol. The fourth-order valence-electron chi connectivity index (χ4n) is 2.84. The van der Waals surface area contributed by atoms with Gasteiger partial charge in [0.15, 0.2) is 5.96 Å². The highest BCUT2D eigenvalue weighted by Crippen LogP contribution is 2.11. The van der Waals surface area contributed by atoms with Crippen LogP contribution >= 0.6 is 0 Å². The third-order valence-electron chi connectivity index (χ3n) is 4.37. The van der Waals surface area contributed by atoms with E-state index in [1.807, 2.05) is 6.07 Å². The summed E-state index contributed by atoms with van der Waals surface area (Å²) in [4.78, 5) is 6.97. The monoisotopic (exact) mass is 371 g/mol. The Hall–Kier alpha value is -2.57. The fraction of sp³-hybridized carbons (Fsp3) is 0.550. The van der Waals surface area contributed by atoms with Crippen molar-refractivity contribution < 1.29 is 0 Å². The summed E-state index contributed by atoms with van der Waals surface area (Å²) in [7, 11) is 2.14. The highest BCUT2D eigenvalue weighted by molar-refractivity contribution is 5.79. The van der Waals surface area contributed by atoms with E-state index in [2.05, 4.69) is 80.5 Å². The van der Waals surface area contributed by atoms with E-state index in [0.29, 0.717) is 0 Å². The highest BCUT2D eigenvalue weighted by atomic mass is 15.3. The number of aliphatic imine (C=N–C) groups is 1. The third kappa shape index (κ3) is 7.29. The molecule has 0 saturated carbocycles. The molecule has 7 heteroatoms. The maximum atomic E-state index is 4.68. The Balaban J connectivity index is 1.68. The van der Waals surface area contributed by atoms with Crippen LogP contribution in [-0.2, 0) is 13.0 Å². The topological polar surface area (TPSA) is 70.4 Å². The van der Waals surface area contributed by atoms with Crippen molar-refractivity contribution in [2.45, 2.75) is 39.7 Å². The lowest BCUT2D eigenvalue weighted by atomic mass is 10.2. The summed E-state index contributed by atoms with van der Waals surface area (Å²) >= 11 is 0. The molecule has 2 rings (SSSR count). The van der Waals surface area contributed by atoms with Gasteiger partial charge in [-0.3, -0.25) is 4.99 Å². The number of benzene rings is 1. The van der Waals surface area contributed by atoms with Crippen LogP contribution in [0.15, 0.2) is 41.7 Å². The normalized spacial score (nSPS) is 11.4. The zero-order chi connectivity index (χ0) is 19.3. The molecule has 0 unspecified atom stereocenters. The van der Waals surface area contributed by atoms with Gasteiger partial charge in [0.25, 0.3) is 0 Å². The first-order chi connectivity index (χ1) is 13.2. The van der Waals surface area contributed by atoms with E-state index in [9.17, 15) is 0 Å². The molecule has 0 radical (unpaired) electrons. The van der Waals surface area contributed by atoms with Gasteiger partial charge in [0, 0.05) is 51.9 Å². The number of guanidine groups is 1. The standard InChI is InChI=1S/C20H33N7/c1-4-19-25-24-17-27(19)16-14-23-20(21-5-2)22-13-9-10-15-26(3)18-11-7-6-8-12-18/h6-8,11-12,17H,4-5,9-10,13-16H2,1-3H3,(H2,21,22,23). The van der Waals surface area contributed by atoms with Crippen LogP contribution in [0.25, 0.3) is 0 Å². The molecule has 0 atom stereocenters. The van der Waals surface area contributed by atoms with Gasteiger partial charge in [-0.2, -0.15) is 0 Å². The Kier molecular flexibility index (Phi) is 9.17. The van der Waals surface area contributed by atoms with Gasteiger partial charge in [-0.1, -0.05) is 25.1 Å². The molecule has 0 bridgehead atoms. The van der Waals surface area contributed by atoms with Crippen molar-refractivity contribution in [3.63, 3.8) is 0 Å². The summed E-state index contributed by atoms with van der Waals surface area (Å²) in [5.74, 6) is 1.89. The summed E-state index contributed by atoms with van der Waals surface area (Å²) in [6, 6.07) is 10.5. The van der Waals surface area contributed by atoms with Crippen molar-refractivity contribution in [3.8, 4) is 0 Å². The summed E-state index contributed by atoms with van der Waals surface area (Å²) < 4.78 is 2.08. The van der Waals surface area contributed by atoms with E-state index in [4.69, 9.17) is 0 Å². The van der Waals surface area contributed by atoms with Crippen molar-refractivity contribution in [1.29, 1.82) is 0 Å². The number of rotatable bonds is 11. The molecular formula is C20H33N7. The van der Waals surface area contributed by atoms with Crippen LogP contribution in [0.4, 0.5) is 5.69 Å². The van der Waals surface area contributed by atoms with Crippen molar-refractivity contribution in [2.75, 3.05) is 38.1 Å². The van der Waals surface area contributed by atoms with Crippen LogP contribution in [0.1, 0.15) is 32.5 Å². The summed E-state index contributed by atoms with van der Waals surface area (Å²) in [6.45, 7) is 8.53. The quantitative estimate of drug-likeness (QED) is 0.360. The first-order valence-electron chi connectivity index (χ1n) is 9.89. The van der Waals surface area contributed by atoms with Crippen LogP contribution < -0.4 is 15.5 Å². The fourth-order valence-corrected chi connectivity index (χ4v) is 2.84. The van der Waals surface area contributed by atoms with E-state index in [1.165, 1.54) is 5.69 Å². The molecule has 0 aliphatic heterocycles. The van der Waals surface area contributed by atoms with Crippen molar-refractivity contribution >= 4 is 11.6 Å². The Morgan fingerprint density at radius 2 is 1.96 bits per heavy atom. The van der Waals surface area contributed by atoms with Gasteiger partial charge in [-0.25, -0.2) is 0 Å².